The van der Waals surface area contributed by atoms with Crippen molar-refractivity contribution in [2.45, 2.75) is 44.6 Å². The third-order valence-electron chi connectivity index (χ3n) is 6.65. The molecule has 206 valence electrons. The number of halogens is 4. The summed E-state index contributed by atoms with van der Waals surface area (Å²) < 4.78 is 50.4. The molecule has 1 aliphatic heterocycles. The zero-order chi connectivity index (χ0) is 27.4. The Morgan fingerprint density at radius 2 is 1.95 bits per heavy atom. The van der Waals surface area contributed by atoms with Gasteiger partial charge in [-0.25, -0.2) is 19.3 Å². The van der Waals surface area contributed by atoms with Gasteiger partial charge in [-0.15, -0.1) is 0 Å². The van der Waals surface area contributed by atoms with Crippen molar-refractivity contribution >= 4 is 40.2 Å². The predicted octanol–water partition coefficient (Wildman–Crippen LogP) is 6.58. The van der Waals surface area contributed by atoms with Gasteiger partial charge in [0.05, 0.1) is 23.6 Å². The van der Waals surface area contributed by atoms with Crippen LogP contribution in [-0.4, -0.2) is 65.2 Å². The van der Waals surface area contributed by atoms with Crippen molar-refractivity contribution in [3.05, 3.63) is 57.8 Å². The molecule has 0 radical (unpaired) electrons. The van der Waals surface area contributed by atoms with E-state index in [0.717, 1.165) is 36.0 Å². The van der Waals surface area contributed by atoms with Gasteiger partial charge in [-0.05, 0) is 75.9 Å². The van der Waals surface area contributed by atoms with Crippen LogP contribution in [0.2, 0.25) is 5.15 Å². The van der Waals surface area contributed by atoms with E-state index in [-0.39, 0.29) is 12.2 Å². The van der Waals surface area contributed by atoms with Crippen molar-refractivity contribution in [2.24, 2.45) is 0 Å². The van der Waals surface area contributed by atoms with Gasteiger partial charge in [-0.3, -0.25) is 0 Å². The largest absolute Gasteiger partial charge is 0.373 e. The summed E-state index contributed by atoms with van der Waals surface area (Å²) in [6, 6.07) is 5.33. The maximum Gasteiger partial charge on any atom is 0.298 e. The number of benzene rings is 1. The molecule has 0 spiro atoms. The normalized spacial score (nSPS) is 15.8. The molecule has 1 N–H and O–H groups in total. The van der Waals surface area contributed by atoms with Crippen molar-refractivity contribution in [3.63, 3.8) is 0 Å². The van der Waals surface area contributed by atoms with E-state index in [4.69, 9.17) is 16.3 Å². The number of anilines is 1. The Kier molecular flexibility index (Phi) is 9.39. The number of hydrogen-bond donors (Lipinski definition) is 1. The van der Waals surface area contributed by atoms with Crippen LogP contribution < -0.4 is 5.32 Å². The molecule has 3 aromatic rings. The summed E-state index contributed by atoms with van der Waals surface area (Å²) in [6.07, 6.45) is 2.02. The molecule has 0 bridgehead atoms. The Morgan fingerprint density at radius 3 is 2.66 bits per heavy atom. The molecule has 0 saturated carbocycles. The average molecular weight is 568 g/mol. The van der Waals surface area contributed by atoms with E-state index in [1.54, 1.807) is 13.8 Å². The molecule has 0 unspecified atom stereocenters. The second kappa shape index (κ2) is 12.4. The van der Waals surface area contributed by atoms with E-state index in [1.165, 1.54) is 12.1 Å². The second-order valence-corrected chi connectivity index (χ2v) is 11.5. The summed E-state index contributed by atoms with van der Waals surface area (Å²) in [5.41, 5.74) is 0.793. The van der Waals surface area contributed by atoms with E-state index in [9.17, 15) is 8.78 Å². The minimum atomic E-state index is -3.47. The molecule has 1 fully saturated rings. The number of pyridine rings is 1. The zero-order valence-electron chi connectivity index (χ0n) is 22.0. The second-order valence-electron chi connectivity index (χ2n) is 9.88. The van der Waals surface area contributed by atoms with Gasteiger partial charge in [0, 0.05) is 12.1 Å². The quantitative estimate of drug-likeness (QED) is 0.219. The molecule has 6 nitrogen and oxygen atoms in total. The highest BCUT2D eigenvalue weighted by atomic mass is 35.5. The number of likely N-dealkylation sites (N-methyl/N-ethyl adjacent to an activating group) is 1. The smallest absolute Gasteiger partial charge is 0.298 e. The summed E-state index contributed by atoms with van der Waals surface area (Å²) in [4.78, 5) is 15.3. The molecular weight excluding hydrogens is 535 g/mol. The van der Waals surface area contributed by atoms with Crippen molar-refractivity contribution in [3.8, 4) is 0 Å². The highest BCUT2D eigenvalue weighted by Crippen LogP contribution is 2.38. The topological polar surface area (TPSA) is 63.2 Å². The van der Waals surface area contributed by atoms with Crippen molar-refractivity contribution in [2.75, 3.05) is 50.7 Å². The Labute approximate surface area is 230 Å². The number of aryl methyl sites for hydroxylation is 1. The summed E-state index contributed by atoms with van der Waals surface area (Å²) in [5.74, 6) is -1.10. The predicted molar refractivity (Wildman–Crippen MR) is 148 cm³/mol. The molecule has 38 heavy (non-hydrogen) atoms. The fourth-order valence-corrected chi connectivity index (χ4v) is 5.93. The van der Waals surface area contributed by atoms with Gasteiger partial charge >= 0.3 is 0 Å². The fourth-order valence-electron chi connectivity index (χ4n) is 4.54. The third kappa shape index (κ3) is 6.70. The van der Waals surface area contributed by atoms with Gasteiger partial charge in [0.2, 0.25) is 0 Å². The Hall–Kier alpha value is -2.14. The lowest BCUT2D eigenvalue weighted by Crippen LogP contribution is -2.26. The van der Waals surface area contributed by atoms with Gasteiger partial charge in [-0.2, -0.15) is 20.5 Å². The molecule has 4 rings (SSSR count). The zero-order valence-corrected chi connectivity index (χ0v) is 23.6. The summed E-state index contributed by atoms with van der Waals surface area (Å²) in [5, 5.41) is 4.31. The van der Waals surface area contributed by atoms with Crippen LogP contribution in [0.4, 0.5) is 19.0 Å². The average Bonchev–Trinajstić information content (AvgIpc) is 2.86. The Balaban J connectivity index is 1.61. The molecular formula is C27H33ClF3N5OS. The molecule has 1 aromatic carbocycles. The fraction of sp³-hybridized carbons (Fsp3) is 0.519. The number of nitrogens with one attached hydrogen (secondary N) is 1. The van der Waals surface area contributed by atoms with Gasteiger partial charge in [0.25, 0.3) is 5.92 Å². The number of alkyl halides is 2. The van der Waals surface area contributed by atoms with Gasteiger partial charge < -0.3 is 15.0 Å². The first-order valence-corrected chi connectivity index (χ1v) is 14.2. The van der Waals surface area contributed by atoms with Crippen molar-refractivity contribution in [1.29, 1.82) is 0 Å². The minimum absolute atomic E-state index is 0.103. The number of ether oxygens (including phenoxy) is 1. The molecule has 11 heteroatoms. The van der Waals surface area contributed by atoms with Crippen LogP contribution in [-0.2, 0) is 10.7 Å². The van der Waals surface area contributed by atoms with Gasteiger partial charge in [0.1, 0.15) is 29.2 Å². The molecule has 3 heterocycles. The van der Waals surface area contributed by atoms with Crippen LogP contribution in [0, 0.1) is 12.7 Å². The SMILES string of the molecule is Cc1nc(N[C@H](C)c2cccc(C(F)(F)COCCN(C)C)c2F)c2cc(C3CCSCC3)c(Cl)nc2n1. The lowest BCUT2D eigenvalue weighted by atomic mass is 9.94. The monoisotopic (exact) mass is 567 g/mol. The van der Waals surface area contributed by atoms with Gasteiger partial charge in [-0.1, -0.05) is 23.7 Å². The first kappa shape index (κ1) is 28.9. The maximum atomic E-state index is 15.5. The number of fused-ring (bicyclic) bond motifs is 1. The highest BCUT2D eigenvalue weighted by Gasteiger charge is 2.36. The van der Waals surface area contributed by atoms with Crippen LogP contribution in [0.25, 0.3) is 11.0 Å². The van der Waals surface area contributed by atoms with Crippen LogP contribution in [0.1, 0.15) is 54.2 Å². The van der Waals surface area contributed by atoms with Crippen molar-refractivity contribution < 1.29 is 17.9 Å². The van der Waals surface area contributed by atoms with Gasteiger partial charge in [0.15, 0.2) is 5.65 Å². The van der Waals surface area contributed by atoms with Crippen LogP contribution in [0.3, 0.4) is 0 Å². The number of hydrogen-bond acceptors (Lipinski definition) is 7. The molecule has 1 atom stereocenters. The Morgan fingerprint density at radius 1 is 1.21 bits per heavy atom. The minimum Gasteiger partial charge on any atom is -0.373 e. The van der Waals surface area contributed by atoms with E-state index >= 15 is 4.39 Å². The van der Waals surface area contributed by atoms with Crippen LogP contribution in [0.5, 0.6) is 0 Å². The van der Waals surface area contributed by atoms with Crippen LogP contribution >= 0.6 is 23.4 Å². The van der Waals surface area contributed by atoms with E-state index < -0.39 is 30.0 Å². The third-order valence-corrected chi connectivity index (χ3v) is 8.00. The number of aromatic nitrogens is 3. The molecule has 0 aliphatic carbocycles. The lowest BCUT2D eigenvalue weighted by molar-refractivity contribution is -0.0861. The highest BCUT2D eigenvalue weighted by molar-refractivity contribution is 7.99. The Bertz CT molecular complexity index is 1270. The molecule has 0 amide bonds. The van der Waals surface area contributed by atoms with E-state index in [0.29, 0.717) is 40.3 Å². The lowest BCUT2D eigenvalue weighted by Gasteiger charge is -2.24. The number of nitrogens with zero attached hydrogens (tertiary/aromatic N) is 4. The number of thioether (sulfide) groups is 1. The van der Waals surface area contributed by atoms with E-state index in [1.807, 2.05) is 36.8 Å². The first-order chi connectivity index (χ1) is 18.1. The summed E-state index contributed by atoms with van der Waals surface area (Å²) >= 11 is 8.48. The molecule has 2 aromatic heterocycles. The maximum absolute atomic E-state index is 15.5. The standard InChI is InChI=1S/C27H33ClF3N5OS/c1-16(19-6-5-7-22(23(19)29)27(30,31)15-37-11-10-36(3)4)32-25-21-14-20(18-8-12-38-13-9-18)24(28)35-26(21)34-17(2)33-25/h5-7,14,16,18H,8-13,15H2,1-4H3,(H,32,33,34,35)/t16-/m1/s1. The summed E-state index contributed by atoms with van der Waals surface area (Å²) in [6.45, 7) is 3.16. The van der Waals surface area contributed by atoms with Crippen molar-refractivity contribution in [1.82, 2.24) is 19.9 Å². The number of rotatable bonds is 10. The van der Waals surface area contributed by atoms with Crippen LogP contribution in [0.15, 0.2) is 24.3 Å². The van der Waals surface area contributed by atoms with E-state index in [2.05, 4.69) is 20.3 Å². The first-order valence-electron chi connectivity index (χ1n) is 12.6. The molecule has 1 saturated heterocycles. The summed E-state index contributed by atoms with van der Waals surface area (Å²) in [7, 11) is 3.64. The molecule has 1 aliphatic rings.